The highest BCUT2D eigenvalue weighted by Crippen LogP contribution is 2.39. The van der Waals surface area contributed by atoms with Gasteiger partial charge in [-0.1, -0.05) is 105 Å². The third kappa shape index (κ3) is 5.96. The maximum Gasteiger partial charge on any atom is 0.332 e. The van der Waals surface area contributed by atoms with Gasteiger partial charge >= 0.3 is 5.97 Å². The van der Waals surface area contributed by atoms with E-state index >= 15 is 0 Å². The molecule has 4 aromatic rings. The molecule has 1 fully saturated rings. The summed E-state index contributed by atoms with van der Waals surface area (Å²) in [5, 5.41) is 14.5. The Hall–Kier alpha value is -4.33. The highest BCUT2D eigenvalue weighted by atomic mass is 16.5. The van der Waals surface area contributed by atoms with Gasteiger partial charge in [0, 0.05) is 18.5 Å². The third-order valence-electron chi connectivity index (χ3n) is 7.70. The number of carbonyl (C=O) groups excluding carboxylic acids is 2. The highest BCUT2D eigenvalue weighted by Gasteiger charge is 2.49. The number of hydrogen-bond donors (Lipinski definition) is 1. The lowest BCUT2D eigenvalue weighted by Crippen LogP contribution is -2.55. The standard InChI is InChI=1S/C32H35N5O3/c1-2-3-15-29(38)37(32(20-9-10-21-32)31(39)40-23-25-11-5-4-6-12-25)22-24-16-18-26(19-17-24)27-13-7-8-14-28(27)30-33-35-36-34-30/h4-8,11-14,16-19H,2-3,9-10,15,20-23H2,1H3,(H,33,34,35,36). The normalized spacial score (nSPS) is 14.1. The molecule has 40 heavy (non-hydrogen) atoms. The number of aromatic nitrogens is 4. The molecule has 0 aliphatic heterocycles. The van der Waals surface area contributed by atoms with E-state index in [4.69, 9.17) is 4.74 Å². The van der Waals surface area contributed by atoms with Crippen molar-refractivity contribution >= 4 is 11.9 Å². The molecular weight excluding hydrogens is 502 g/mol. The Balaban J connectivity index is 1.40. The second-order valence-corrected chi connectivity index (χ2v) is 10.4. The van der Waals surface area contributed by atoms with Crippen LogP contribution < -0.4 is 0 Å². The Morgan fingerprint density at radius 2 is 1.60 bits per heavy atom. The van der Waals surface area contributed by atoms with Crippen molar-refractivity contribution in [2.45, 2.75) is 70.6 Å². The topological polar surface area (TPSA) is 101 Å². The average molecular weight is 538 g/mol. The minimum Gasteiger partial charge on any atom is -0.459 e. The van der Waals surface area contributed by atoms with Gasteiger partial charge in [0.1, 0.15) is 12.1 Å². The molecular formula is C32H35N5O3. The summed E-state index contributed by atoms with van der Waals surface area (Å²) in [6.07, 6.45) is 5.15. The van der Waals surface area contributed by atoms with Gasteiger partial charge in [-0.3, -0.25) is 4.79 Å². The second-order valence-electron chi connectivity index (χ2n) is 10.4. The van der Waals surface area contributed by atoms with Crippen molar-refractivity contribution < 1.29 is 14.3 Å². The molecule has 0 radical (unpaired) electrons. The van der Waals surface area contributed by atoms with Crippen LogP contribution in [-0.2, 0) is 27.5 Å². The van der Waals surface area contributed by atoms with Gasteiger partial charge in [-0.2, -0.15) is 5.21 Å². The Kier molecular flexibility index (Phi) is 8.64. The van der Waals surface area contributed by atoms with Crippen LogP contribution in [0.2, 0.25) is 0 Å². The number of unbranched alkanes of at least 4 members (excludes halogenated alkanes) is 1. The SMILES string of the molecule is CCCCC(=O)N(Cc1ccc(-c2ccccc2-c2nn[nH]n2)cc1)C1(C(=O)OCc2ccccc2)CCCC1. The molecule has 8 nitrogen and oxygen atoms in total. The second kappa shape index (κ2) is 12.7. The van der Waals surface area contributed by atoms with Gasteiger partial charge in [-0.15, -0.1) is 10.2 Å². The molecule has 0 saturated heterocycles. The number of ether oxygens (including phenoxy) is 1. The molecule has 0 unspecified atom stereocenters. The third-order valence-corrected chi connectivity index (χ3v) is 7.70. The van der Waals surface area contributed by atoms with Crippen molar-refractivity contribution in [2.24, 2.45) is 0 Å². The van der Waals surface area contributed by atoms with Crippen LogP contribution in [0.3, 0.4) is 0 Å². The minimum absolute atomic E-state index is 0.00643. The predicted molar refractivity (Wildman–Crippen MR) is 153 cm³/mol. The lowest BCUT2D eigenvalue weighted by molar-refractivity contribution is -0.166. The first-order chi connectivity index (χ1) is 19.6. The molecule has 0 bridgehead atoms. The number of hydrogen-bond acceptors (Lipinski definition) is 6. The molecule has 3 aromatic carbocycles. The zero-order chi connectivity index (χ0) is 27.8. The number of amides is 1. The first-order valence-corrected chi connectivity index (χ1v) is 14.0. The molecule has 1 saturated carbocycles. The number of benzene rings is 3. The van der Waals surface area contributed by atoms with Crippen LogP contribution in [-0.4, -0.2) is 42.9 Å². The van der Waals surface area contributed by atoms with Crippen LogP contribution in [0.1, 0.15) is 63.0 Å². The van der Waals surface area contributed by atoms with E-state index < -0.39 is 5.54 Å². The summed E-state index contributed by atoms with van der Waals surface area (Å²) in [5.41, 5.74) is 3.83. The van der Waals surface area contributed by atoms with Crippen LogP contribution in [0.4, 0.5) is 0 Å². The molecule has 1 aliphatic rings. The fourth-order valence-corrected chi connectivity index (χ4v) is 5.52. The summed E-state index contributed by atoms with van der Waals surface area (Å²) in [7, 11) is 0. The van der Waals surface area contributed by atoms with Crippen LogP contribution >= 0.6 is 0 Å². The maximum absolute atomic E-state index is 13.7. The minimum atomic E-state index is -0.941. The molecule has 206 valence electrons. The van der Waals surface area contributed by atoms with Crippen molar-refractivity contribution in [3.05, 3.63) is 90.0 Å². The Labute approximate surface area is 234 Å². The lowest BCUT2D eigenvalue weighted by atomic mass is 9.92. The summed E-state index contributed by atoms with van der Waals surface area (Å²) in [6.45, 7) is 2.63. The van der Waals surface area contributed by atoms with Crippen molar-refractivity contribution in [3.63, 3.8) is 0 Å². The van der Waals surface area contributed by atoms with Gasteiger partial charge in [0.2, 0.25) is 11.7 Å². The number of H-pyrrole nitrogens is 1. The monoisotopic (exact) mass is 537 g/mol. The number of tetrazole rings is 1. The van der Waals surface area contributed by atoms with Crippen molar-refractivity contribution in [3.8, 4) is 22.5 Å². The van der Waals surface area contributed by atoms with Crippen molar-refractivity contribution in [2.75, 3.05) is 0 Å². The molecule has 5 rings (SSSR count). The first kappa shape index (κ1) is 27.2. The molecule has 1 aromatic heterocycles. The average Bonchev–Trinajstić information content (AvgIpc) is 3.72. The molecule has 1 heterocycles. The van der Waals surface area contributed by atoms with E-state index in [1.807, 2.05) is 83.8 Å². The quantitative estimate of drug-likeness (QED) is 0.232. The van der Waals surface area contributed by atoms with Gasteiger partial charge in [-0.25, -0.2) is 4.79 Å². The van der Waals surface area contributed by atoms with Gasteiger partial charge in [0.25, 0.3) is 0 Å². The Bertz CT molecular complexity index is 1400. The summed E-state index contributed by atoms with van der Waals surface area (Å²) in [4.78, 5) is 29.2. The fourth-order valence-electron chi connectivity index (χ4n) is 5.52. The van der Waals surface area contributed by atoms with E-state index in [0.29, 0.717) is 31.6 Å². The zero-order valence-electron chi connectivity index (χ0n) is 22.9. The van der Waals surface area contributed by atoms with E-state index in [1.54, 1.807) is 0 Å². The fraction of sp³-hybridized carbons (Fsp3) is 0.344. The number of nitrogens with zero attached hydrogens (tertiary/aromatic N) is 4. The first-order valence-electron chi connectivity index (χ1n) is 14.0. The van der Waals surface area contributed by atoms with Gasteiger partial charge in [0.15, 0.2) is 0 Å². The van der Waals surface area contributed by atoms with Gasteiger partial charge in [0.05, 0.1) is 0 Å². The van der Waals surface area contributed by atoms with Crippen LogP contribution in [0.15, 0.2) is 78.9 Å². The number of nitrogens with one attached hydrogen (secondary N) is 1. The number of aromatic amines is 1. The number of esters is 1. The van der Waals surface area contributed by atoms with Crippen LogP contribution in [0.5, 0.6) is 0 Å². The van der Waals surface area contributed by atoms with E-state index in [1.165, 1.54) is 0 Å². The van der Waals surface area contributed by atoms with E-state index in [-0.39, 0.29) is 18.5 Å². The Morgan fingerprint density at radius 1 is 0.900 bits per heavy atom. The summed E-state index contributed by atoms with van der Waals surface area (Å²) >= 11 is 0. The van der Waals surface area contributed by atoms with Crippen molar-refractivity contribution in [1.29, 1.82) is 0 Å². The van der Waals surface area contributed by atoms with E-state index in [0.717, 1.165) is 53.5 Å². The molecule has 8 heteroatoms. The summed E-state index contributed by atoms with van der Waals surface area (Å²) < 4.78 is 5.86. The predicted octanol–water partition coefficient (Wildman–Crippen LogP) is 6.11. The maximum atomic E-state index is 13.7. The van der Waals surface area contributed by atoms with Crippen molar-refractivity contribution in [1.82, 2.24) is 25.5 Å². The largest absolute Gasteiger partial charge is 0.459 e. The van der Waals surface area contributed by atoms with Gasteiger partial charge in [-0.05, 0) is 46.7 Å². The zero-order valence-corrected chi connectivity index (χ0v) is 22.9. The summed E-state index contributed by atoms with van der Waals surface area (Å²) in [5.74, 6) is 0.237. The highest BCUT2D eigenvalue weighted by molar-refractivity contribution is 5.88. The van der Waals surface area contributed by atoms with E-state index in [9.17, 15) is 9.59 Å². The molecule has 1 N–H and O–H groups in total. The molecule has 1 aliphatic carbocycles. The smallest absolute Gasteiger partial charge is 0.332 e. The summed E-state index contributed by atoms with van der Waals surface area (Å²) in [6, 6.07) is 25.7. The van der Waals surface area contributed by atoms with E-state index in [2.05, 4.69) is 27.5 Å². The number of rotatable bonds is 11. The Morgan fingerprint density at radius 3 is 2.27 bits per heavy atom. The molecule has 0 spiro atoms. The van der Waals surface area contributed by atoms with Crippen LogP contribution in [0.25, 0.3) is 22.5 Å². The lowest BCUT2D eigenvalue weighted by Gasteiger charge is -2.39. The number of carbonyl (C=O) groups is 2. The molecule has 0 atom stereocenters. The van der Waals surface area contributed by atoms with Crippen LogP contribution in [0, 0.1) is 0 Å². The van der Waals surface area contributed by atoms with Gasteiger partial charge < -0.3 is 9.64 Å². The molecule has 1 amide bonds.